The number of nitrogens with zero attached hydrogens (tertiary/aromatic N) is 1. The summed E-state index contributed by atoms with van der Waals surface area (Å²) in [5, 5.41) is 0. The Kier molecular flexibility index (Phi) is 10.2. The number of ether oxygens (including phenoxy) is 3. The van der Waals surface area contributed by atoms with Crippen molar-refractivity contribution < 1.29 is 23.8 Å². The van der Waals surface area contributed by atoms with Crippen molar-refractivity contribution in [3.8, 4) is 11.5 Å². The molecule has 2 aromatic rings. The zero-order chi connectivity index (χ0) is 25.3. The molecule has 6 heteroatoms. The molecule has 0 unspecified atom stereocenters. The van der Waals surface area contributed by atoms with E-state index in [9.17, 15) is 9.59 Å². The predicted molar refractivity (Wildman–Crippen MR) is 135 cm³/mol. The largest absolute Gasteiger partial charge is 0.485 e. The molecule has 0 fully saturated rings. The highest BCUT2D eigenvalue weighted by Gasteiger charge is 2.14. The van der Waals surface area contributed by atoms with Gasteiger partial charge in [-0.3, -0.25) is 4.79 Å². The molecule has 0 radical (unpaired) electrons. The topological polar surface area (TPSA) is 65.1 Å². The van der Waals surface area contributed by atoms with E-state index in [1.807, 2.05) is 32.9 Å². The first kappa shape index (κ1) is 27.0. The number of likely N-dealkylation sites (N-methyl/N-ethyl adjacent to an activating group) is 1. The van der Waals surface area contributed by atoms with Crippen LogP contribution in [-0.4, -0.2) is 43.1 Å². The van der Waals surface area contributed by atoms with Gasteiger partial charge in [0.2, 0.25) is 5.91 Å². The summed E-state index contributed by atoms with van der Waals surface area (Å²) in [5.41, 5.74) is 6.27. The first-order valence-corrected chi connectivity index (χ1v) is 11.8. The number of hydrogen-bond acceptors (Lipinski definition) is 5. The summed E-state index contributed by atoms with van der Waals surface area (Å²) in [5.74, 6) is 0.460. The molecule has 184 valence electrons. The third-order valence-electron chi connectivity index (χ3n) is 5.68. The van der Waals surface area contributed by atoms with E-state index in [0.29, 0.717) is 31.2 Å². The molecule has 0 aromatic heterocycles. The van der Waals surface area contributed by atoms with Gasteiger partial charge in [-0.1, -0.05) is 23.8 Å². The number of amides is 1. The molecular weight excluding hydrogens is 430 g/mol. The Labute approximate surface area is 203 Å². The Bertz CT molecular complexity index is 1010. The monoisotopic (exact) mass is 467 g/mol. The van der Waals surface area contributed by atoms with Gasteiger partial charge in [0.05, 0.1) is 6.61 Å². The molecule has 2 rings (SSSR count). The Morgan fingerprint density at radius 1 is 0.912 bits per heavy atom. The minimum atomic E-state index is -0.451. The standard InChI is InChI=1S/C28H37NO5/c1-8-29(9-2)27(30)15-20(5)23-11-12-25(26(16-23)34-18-28(31)32-10-3)33-17-24-21(6)13-19(4)14-22(24)7/h11-16H,8-10,17-18H2,1-7H3/b20-15+. The van der Waals surface area contributed by atoms with Crippen LogP contribution in [0.2, 0.25) is 0 Å². The van der Waals surface area contributed by atoms with Crippen LogP contribution in [0.5, 0.6) is 11.5 Å². The van der Waals surface area contributed by atoms with Gasteiger partial charge in [0.15, 0.2) is 18.1 Å². The molecule has 0 aliphatic rings. The maximum atomic E-state index is 12.5. The summed E-state index contributed by atoms with van der Waals surface area (Å²) < 4.78 is 16.9. The van der Waals surface area contributed by atoms with Gasteiger partial charge >= 0.3 is 5.97 Å². The maximum absolute atomic E-state index is 12.5. The molecule has 0 aliphatic heterocycles. The molecule has 0 N–H and O–H groups in total. The summed E-state index contributed by atoms with van der Waals surface area (Å²) in [7, 11) is 0. The van der Waals surface area contributed by atoms with Crippen LogP contribution < -0.4 is 9.47 Å². The molecule has 0 spiro atoms. The minimum absolute atomic E-state index is 0.0397. The van der Waals surface area contributed by atoms with Gasteiger partial charge in [-0.05, 0) is 88.4 Å². The molecular formula is C28H37NO5. The highest BCUT2D eigenvalue weighted by atomic mass is 16.6. The number of aryl methyl sites for hydroxylation is 3. The van der Waals surface area contributed by atoms with E-state index in [0.717, 1.165) is 27.8 Å². The fourth-order valence-electron chi connectivity index (χ4n) is 3.81. The van der Waals surface area contributed by atoms with Crippen molar-refractivity contribution in [3.05, 3.63) is 64.2 Å². The fourth-order valence-corrected chi connectivity index (χ4v) is 3.81. The van der Waals surface area contributed by atoms with E-state index in [-0.39, 0.29) is 19.1 Å². The average molecular weight is 468 g/mol. The van der Waals surface area contributed by atoms with Crippen LogP contribution in [0.15, 0.2) is 36.4 Å². The SMILES string of the molecule is CCOC(=O)COc1cc(/C(C)=C/C(=O)N(CC)CC)ccc1OCc1c(C)cc(C)cc1C. The van der Waals surface area contributed by atoms with Gasteiger partial charge in [-0.25, -0.2) is 4.79 Å². The van der Waals surface area contributed by atoms with Crippen LogP contribution in [-0.2, 0) is 20.9 Å². The minimum Gasteiger partial charge on any atom is -0.485 e. The quantitative estimate of drug-likeness (QED) is 0.327. The molecule has 0 atom stereocenters. The van der Waals surface area contributed by atoms with Crippen molar-refractivity contribution in [2.24, 2.45) is 0 Å². The van der Waals surface area contributed by atoms with Crippen LogP contribution >= 0.6 is 0 Å². The van der Waals surface area contributed by atoms with Crippen LogP contribution in [0.25, 0.3) is 5.57 Å². The number of carbonyl (C=O) groups is 2. The number of allylic oxidation sites excluding steroid dienone is 1. The van der Waals surface area contributed by atoms with Crippen LogP contribution in [0.1, 0.15) is 55.5 Å². The summed E-state index contributed by atoms with van der Waals surface area (Å²) >= 11 is 0. The first-order valence-electron chi connectivity index (χ1n) is 11.8. The number of hydrogen-bond donors (Lipinski definition) is 0. The van der Waals surface area contributed by atoms with E-state index in [4.69, 9.17) is 14.2 Å². The normalized spacial score (nSPS) is 11.2. The van der Waals surface area contributed by atoms with Crippen molar-refractivity contribution in [3.63, 3.8) is 0 Å². The molecule has 0 aliphatic carbocycles. The van der Waals surface area contributed by atoms with Crippen molar-refractivity contribution in [2.45, 2.75) is 55.1 Å². The number of benzene rings is 2. The van der Waals surface area contributed by atoms with Gasteiger partial charge in [-0.15, -0.1) is 0 Å². The highest BCUT2D eigenvalue weighted by molar-refractivity contribution is 5.95. The predicted octanol–water partition coefficient (Wildman–Crippen LogP) is 5.40. The molecule has 6 nitrogen and oxygen atoms in total. The second-order valence-corrected chi connectivity index (χ2v) is 8.26. The van der Waals surface area contributed by atoms with Crippen LogP contribution in [0, 0.1) is 20.8 Å². The van der Waals surface area contributed by atoms with Crippen LogP contribution in [0.3, 0.4) is 0 Å². The van der Waals surface area contributed by atoms with Crippen LogP contribution in [0.4, 0.5) is 0 Å². The second-order valence-electron chi connectivity index (χ2n) is 8.26. The third kappa shape index (κ3) is 7.37. The zero-order valence-corrected chi connectivity index (χ0v) is 21.5. The third-order valence-corrected chi connectivity index (χ3v) is 5.68. The lowest BCUT2D eigenvalue weighted by atomic mass is 10.0. The maximum Gasteiger partial charge on any atom is 0.344 e. The van der Waals surface area contributed by atoms with Gasteiger partial charge in [0, 0.05) is 19.2 Å². The van der Waals surface area contributed by atoms with Crippen molar-refractivity contribution in [2.75, 3.05) is 26.3 Å². The molecule has 0 bridgehead atoms. The van der Waals surface area contributed by atoms with E-state index in [2.05, 4.69) is 32.9 Å². The summed E-state index contributed by atoms with van der Waals surface area (Å²) in [4.78, 5) is 26.1. The van der Waals surface area contributed by atoms with E-state index in [1.165, 1.54) is 5.56 Å². The molecule has 2 aromatic carbocycles. The highest BCUT2D eigenvalue weighted by Crippen LogP contribution is 2.32. The smallest absolute Gasteiger partial charge is 0.344 e. The summed E-state index contributed by atoms with van der Waals surface area (Å²) in [6.45, 7) is 15.5. The number of esters is 1. The zero-order valence-electron chi connectivity index (χ0n) is 21.5. The fraction of sp³-hybridized carbons (Fsp3) is 0.429. The van der Waals surface area contributed by atoms with E-state index >= 15 is 0 Å². The molecule has 1 amide bonds. The second kappa shape index (κ2) is 12.8. The van der Waals surface area contributed by atoms with E-state index in [1.54, 1.807) is 24.0 Å². The Morgan fingerprint density at radius 2 is 1.56 bits per heavy atom. The average Bonchev–Trinajstić information content (AvgIpc) is 2.78. The Balaban J connectivity index is 2.32. The molecule has 0 saturated heterocycles. The lowest BCUT2D eigenvalue weighted by Gasteiger charge is -2.18. The van der Waals surface area contributed by atoms with Gasteiger partial charge in [-0.2, -0.15) is 0 Å². The van der Waals surface area contributed by atoms with Crippen molar-refractivity contribution >= 4 is 17.4 Å². The molecule has 0 saturated carbocycles. The van der Waals surface area contributed by atoms with Crippen molar-refractivity contribution in [1.29, 1.82) is 0 Å². The van der Waals surface area contributed by atoms with Gasteiger partial charge in [0.1, 0.15) is 6.61 Å². The van der Waals surface area contributed by atoms with Gasteiger partial charge in [0.25, 0.3) is 0 Å². The van der Waals surface area contributed by atoms with Gasteiger partial charge < -0.3 is 19.1 Å². The number of carbonyl (C=O) groups excluding carboxylic acids is 2. The summed E-state index contributed by atoms with van der Waals surface area (Å²) in [6.07, 6.45) is 1.62. The van der Waals surface area contributed by atoms with Crippen molar-refractivity contribution in [1.82, 2.24) is 4.90 Å². The van der Waals surface area contributed by atoms with E-state index < -0.39 is 5.97 Å². The number of rotatable bonds is 11. The molecule has 34 heavy (non-hydrogen) atoms. The lowest BCUT2D eigenvalue weighted by molar-refractivity contribution is -0.145. The Hall–Kier alpha value is -3.28. The lowest BCUT2D eigenvalue weighted by Crippen LogP contribution is -2.28. The molecule has 0 heterocycles. The first-order chi connectivity index (χ1) is 16.2. The summed E-state index contributed by atoms with van der Waals surface area (Å²) in [6, 6.07) is 9.77. The Morgan fingerprint density at radius 3 is 2.15 bits per heavy atom.